The van der Waals surface area contributed by atoms with Crippen LogP contribution in [0.3, 0.4) is 0 Å². The summed E-state index contributed by atoms with van der Waals surface area (Å²) < 4.78 is 26.0. The summed E-state index contributed by atoms with van der Waals surface area (Å²) in [6.45, 7) is 8.97. The second-order valence-electron chi connectivity index (χ2n) is 9.57. The summed E-state index contributed by atoms with van der Waals surface area (Å²) in [5.74, 6) is -0.0143. The van der Waals surface area contributed by atoms with Crippen LogP contribution in [0.5, 0.6) is 11.5 Å². The Hall–Kier alpha value is -3.61. The maximum Gasteiger partial charge on any atom is 0.323 e. The van der Waals surface area contributed by atoms with Crippen LogP contribution in [-0.2, 0) is 17.8 Å². The molecule has 1 aromatic heterocycles. The normalized spacial score (nSPS) is 11.3. The summed E-state index contributed by atoms with van der Waals surface area (Å²) in [7, 11) is 1.56. The highest BCUT2D eigenvalue weighted by atomic mass is 19.1. The molecule has 35 heavy (non-hydrogen) atoms. The number of likely N-dealkylation sites (N-methyl/N-ethyl adjacent to an activating group) is 1. The van der Waals surface area contributed by atoms with Crippen LogP contribution in [-0.4, -0.2) is 36.3 Å². The van der Waals surface area contributed by atoms with E-state index in [1.54, 1.807) is 24.1 Å². The van der Waals surface area contributed by atoms with Crippen LogP contribution in [0.2, 0.25) is 0 Å². The Morgan fingerprint density at radius 2 is 1.83 bits per heavy atom. The smallest absolute Gasteiger partial charge is 0.323 e. The minimum absolute atomic E-state index is 0.0569. The van der Waals surface area contributed by atoms with Gasteiger partial charge in [0.2, 0.25) is 0 Å². The zero-order valence-corrected chi connectivity index (χ0v) is 21.0. The van der Waals surface area contributed by atoms with Crippen molar-refractivity contribution < 1.29 is 23.8 Å². The Bertz CT molecular complexity index is 1170. The summed E-state index contributed by atoms with van der Waals surface area (Å²) in [5.41, 5.74) is 3.41. The van der Waals surface area contributed by atoms with Crippen molar-refractivity contribution in [3.63, 3.8) is 0 Å². The molecule has 0 saturated heterocycles. The van der Waals surface area contributed by atoms with Gasteiger partial charge >= 0.3 is 5.97 Å². The van der Waals surface area contributed by atoms with Gasteiger partial charge in [-0.05, 0) is 55.2 Å². The van der Waals surface area contributed by atoms with Gasteiger partial charge in [-0.1, -0.05) is 32.9 Å². The molecule has 3 aromatic rings. The molecule has 7 heteroatoms. The molecule has 1 heterocycles. The first-order valence-electron chi connectivity index (χ1n) is 11.6. The van der Waals surface area contributed by atoms with Gasteiger partial charge in [0.25, 0.3) is 0 Å². The number of ether oxygens (including phenoxy) is 2. The fraction of sp³-hybridized carbons (Fsp3) is 0.357. The predicted octanol–water partition coefficient (Wildman–Crippen LogP) is 5.97. The molecule has 0 atom stereocenters. The molecular formula is C28H33FN2O4. The number of aliphatic carboxylic acids is 1. The third kappa shape index (κ3) is 7.18. The number of hydrogen-bond donors (Lipinski definition) is 1. The molecule has 186 valence electrons. The van der Waals surface area contributed by atoms with Crippen molar-refractivity contribution in [1.82, 2.24) is 4.98 Å². The van der Waals surface area contributed by atoms with Crippen molar-refractivity contribution >= 4 is 11.7 Å². The van der Waals surface area contributed by atoms with E-state index in [2.05, 4.69) is 20.8 Å². The first-order valence-corrected chi connectivity index (χ1v) is 11.6. The van der Waals surface area contributed by atoms with Crippen LogP contribution in [0, 0.1) is 11.2 Å². The average molecular weight is 481 g/mol. The van der Waals surface area contributed by atoms with Gasteiger partial charge in [0.05, 0.1) is 12.8 Å². The summed E-state index contributed by atoms with van der Waals surface area (Å²) in [4.78, 5) is 17.7. The summed E-state index contributed by atoms with van der Waals surface area (Å²) in [6, 6.07) is 15.8. The highest BCUT2D eigenvalue weighted by Crippen LogP contribution is 2.33. The number of anilines is 1. The first-order chi connectivity index (χ1) is 16.6. The number of carboxylic acid groups (broad SMARTS) is 1. The number of halogens is 1. The van der Waals surface area contributed by atoms with Crippen molar-refractivity contribution in [1.29, 1.82) is 0 Å². The van der Waals surface area contributed by atoms with Crippen LogP contribution in [0.15, 0.2) is 54.6 Å². The van der Waals surface area contributed by atoms with Crippen LogP contribution >= 0.6 is 0 Å². The standard InChI is InChI=1S/C28H33FN2O4/c1-6-31(17-27(32)33)20-8-7-9-22(14-20)35-18-19-10-12-23(26(30-19)16-28(2,3)4)24-15-21(34-5)11-13-25(24)29/h7-15H,6,16-18H2,1-5H3,(H,32,33). The summed E-state index contributed by atoms with van der Waals surface area (Å²) >= 11 is 0. The molecule has 0 saturated carbocycles. The lowest BCUT2D eigenvalue weighted by Crippen LogP contribution is -2.29. The van der Waals surface area contributed by atoms with Crippen LogP contribution in [0.1, 0.15) is 39.1 Å². The van der Waals surface area contributed by atoms with Gasteiger partial charge in [0.15, 0.2) is 0 Å². The topological polar surface area (TPSA) is 71.9 Å². The number of nitrogens with zero attached hydrogens (tertiary/aromatic N) is 2. The number of benzene rings is 2. The molecule has 0 aliphatic carbocycles. The first kappa shape index (κ1) is 26.0. The van der Waals surface area contributed by atoms with Crippen LogP contribution in [0.25, 0.3) is 11.1 Å². The minimum atomic E-state index is -0.888. The number of carboxylic acids is 1. The van der Waals surface area contributed by atoms with E-state index in [0.29, 0.717) is 30.0 Å². The molecule has 0 fully saturated rings. The Morgan fingerprint density at radius 3 is 2.49 bits per heavy atom. The molecule has 0 radical (unpaired) electrons. The maximum absolute atomic E-state index is 14.7. The second kappa shape index (κ2) is 11.2. The highest BCUT2D eigenvalue weighted by Gasteiger charge is 2.19. The fourth-order valence-corrected chi connectivity index (χ4v) is 3.82. The lowest BCUT2D eigenvalue weighted by molar-refractivity contribution is -0.135. The number of hydrogen-bond acceptors (Lipinski definition) is 5. The van der Waals surface area contributed by atoms with Crippen molar-refractivity contribution in [3.8, 4) is 22.6 Å². The Balaban J connectivity index is 1.87. The second-order valence-corrected chi connectivity index (χ2v) is 9.57. The maximum atomic E-state index is 14.7. The van der Waals surface area contributed by atoms with E-state index in [1.165, 1.54) is 6.07 Å². The van der Waals surface area contributed by atoms with Crippen molar-refractivity contribution in [2.75, 3.05) is 25.1 Å². The van der Waals surface area contributed by atoms with Gasteiger partial charge in [0.1, 0.15) is 30.5 Å². The summed E-state index contributed by atoms with van der Waals surface area (Å²) in [6.07, 6.45) is 0.656. The molecule has 0 amide bonds. The van der Waals surface area contributed by atoms with Gasteiger partial charge in [0, 0.05) is 35.1 Å². The molecule has 0 unspecified atom stereocenters. The lowest BCUT2D eigenvalue weighted by atomic mass is 9.87. The highest BCUT2D eigenvalue weighted by molar-refractivity contribution is 5.74. The minimum Gasteiger partial charge on any atom is -0.497 e. The van der Waals surface area contributed by atoms with Crippen LogP contribution < -0.4 is 14.4 Å². The fourth-order valence-electron chi connectivity index (χ4n) is 3.82. The molecule has 0 aliphatic rings. The van der Waals surface area contributed by atoms with E-state index in [-0.39, 0.29) is 24.4 Å². The number of methoxy groups -OCH3 is 1. The van der Waals surface area contributed by atoms with E-state index in [1.807, 2.05) is 43.3 Å². The van der Waals surface area contributed by atoms with Gasteiger partial charge in [-0.2, -0.15) is 0 Å². The van der Waals surface area contributed by atoms with Gasteiger partial charge in [-0.25, -0.2) is 4.39 Å². The van der Waals surface area contributed by atoms with E-state index in [4.69, 9.17) is 19.6 Å². The molecule has 6 nitrogen and oxygen atoms in total. The van der Waals surface area contributed by atoms with Crippen LogP contribution in [0.4, 0.5) is 10.1 Å². The van der Waals surface area contributed by atoms with Crippen molar-refractivity contribution in [3.05, 3.63) is 71.8 Å². The zero-order chi connectivity index (χ0) is 25.6. The number of rotatable bonds is 10. The Morgan fingerprint density at radius 1 is 1.06 bits per heavy atom. The molecular weight excluding hydrogens is 447 g/mol. The molecule has 2 aromatic carbocycles. The molecule has 0 aliphatic heterocycles. The molecule has 1 N–H and O–H groups in total. The van der Waals surface area contributed by atoms with Gasteiger partial charge in [-0.15, -0.1) is 0 Å². The monoisotopic (exact) mass is 480 g/mol. The van der Waals surface area contributed by atoms with E-state index < -0.39 is 5.97 Å². The Labute approximate surface area is 206 Å². The average Bonchev–Trinajstić information content (AvgIpc) is 2.81. The van der Waals surface area contributed by atoms with E-state index in [9.17, 15) is 9.18 Å². The third-order valence-corrected chi connectivity index (χ3v) is 5.47. The SMILES string of the molecule is CCN(CC(=O)O)c1cccc(OCc2ccc(-c3cc(OC)ccc3F)c(CC(C)(C)C)n2)c1. The van der Waals surface area contributed by atoms with Crippen molar-refractivity contribution in [2.24, 2.45) is 5.41 Å². The number of carbonyl (C=O) groups is 1. The largest absolute Gasteiger partial charge is 0.497 e. The zero-order valence-electron chi connectivity index (χ0n) is 21.0. The van der Waals surface area contributed by atoms with E-state index in [0.717, 1.165) is 22.6 Å². The van der Waals surface area contributed by atoms with Gasteiger partial charge in [-0.3, -0.25) is 9.78 Å². The quantitative estimate of drug-likeness (QED) is 0.385. The van der Waals surface area contributed by atoms with Crippen molar-refractivity contribution in [2.45, 2.75) is 40.7 Å². The number of pyridine rings is 1. The predicted molar refractivity (Wildman–Crippen MR) is 136 cm³/mol. The number of aromatic nitrogens is 1. The third-order valence-electron chi connectivity index (χ3n) is 5.47. The lowest BCUT2D eigenvalue weighted by Gasteiger charge is -2.22. The molecule has 0 bridgehead atoms. The summed E-state index contributed by atoms with van der Waals surface area (Å²) in [5, 5.41) is 9.14. The van der Waals surface area contributed by atoms with Gasteiger partial charge < -0.3 is 19.5 Å². The van der Waals surface area contributed by atoms with E-state index >= 15 is 0 Å². The molecule has 0 spiro atoms. The Kier molecular flexibility index (Phi) is 8.33. The molecule has 3 rings (SSSR count).